The fraction of sp³-hybridized carbons (Fsp3) is 0.348. The van der Waals surface area contributed by atoms with Gasteiger partial charge >= 0.3 is 0 Å². The van der Waals surface area contributed by atoms with E-state index in [2.05, 4.69) is 50.9 Å². The van der Waals surface area contributed by atoms with Crippen LogP contribution in [0, 0.1) is 5.41 Å². The third-order valence-corrected chi connectivity index (χ3v) is 7.04. The van der Waals surface area contributed by atoms with Crippen molar-refractivity contribution in [2.24, 2.45) is 5.41 Å². The molecule has 5 rings (SSSR count). The van der Waals surface area contributed by atoms with Crippen LogP contribution in [0.15, 0.2) is 52.6 Å². The van der Waals surface area contributed by atoms with Crippen molar-refractivity contribution >= 4 is 21.4 Å². The van der Waals surface area contributed by atoms with Crippen LogP contribution < -0.4 is 5.32 Å². The summed E-state index contributed by atoms with van der Waals surface area (Å²) in [6.07, 6.45) is 3.33. The van der Waals surface area contributed by atoms with E-state index >= 15 is 0 Å². The molecular formula is C23H24N4O3S. The third-order valence-electron chi connectivity index (χ3n) is 6.14. The number of aliphatic hydroxyl groups is 2. The normalized spacial score (nSPS) is 18.0. The fourth-order valence-corrected chi connectivity index (χ4v) is 4.93. The first-order valence-electron chi connectivity index (χ1n) is 10.1. The van der Waals surface area contributed by atoms with Crippen molar-refractivity contribution in [2.75, 3.05) is 13.1 Å². The second-order valence-corrected chi connectivity index (χ2v) is 9.94. The summed E-state index contributed by atoms with van der Waals surface area (Å²) in [7, 11) is 0. The van der Waals surface area contributed by atoms with Gasteiger partial charge in [0.1, 0.15) is 11.2 Å². The molecule has 0 amide bonds. The first-order chi connectivity index (χ1) is 14.7. The van der Waals surface area contributed by atoms with Crippen molar-refractivity contribution in [3.05, 3.63) is 65.1 Å². The predicted octanol–water partition coefficient (Wildman–Crippen LogP) is 3.42. The van der Waals surface area contributed by atoms with E-state index in [1.54, 1.807) is 37.6 Å². The molecule has 160 valence electrons. The van der Waals surface area contributed by atoms with Gasteiger partial charge in [0.05, 0.1) is 0 Å². The number of nitrogens with zero attached hydrogens (tertiary/aromatic N) is 3. The second-order valence-electron chi connectivity index (χ2n) is 8.99. The molecule has 0 unspecified atom stereocenters. The Bertz CT molecular complexity index is 1250. The summed E-state index contributed by atoms with van der Waals surface area (Å²) < 4.78 is 6.40. The van der Waals surface area contributed by atoms with Crippen LogP contribution in [0.25, 0.3) is 21.5 Å². The van der Waals surface area contributed by atoms with Gasteiger partial charge in [0.2, 0.25) is 5.82 Å². The Kier molecular flexibility index (Phi) is 4.53. The van der Waals surface area contributed by atoms with Crippen molar-refractivity contribution < 1.29 is 14.7 Å². The van der Waals surface area contributed by atoms with Crippen molar-refractivity contribution in [1.29, 1.82) is 0 Å². The fourth-order valence-electron chi connectivity index (χ4n) is 4.16. The summed E-state index contributed by atoms with van der Waals surface area (Å²) in [4.78, 5) is 8.70. The van der Waals surface area contributed by atoms with E-state index in [-0.39, 0.29) is 5.89 Å². The zero-order valence-electron chi connectivity index (χ0n) is 17.6. The molecular weight excluding hydrogens is 412 g/mol. The van der Waals surface area contributed by atoms with Crippen molar-refractivity contribution in [1.82, 2.24) is 20.4 Å². The Morgan fingerprint density at radius 1 is 1.10 bits per heavy atom. The maximum atomic E-state index is 12.3. The molecule has 0 spiro atoms. The topological polar surface area (TPSA) is 104 Å². The SMILES string of the molecule is CC(C)(O)c1nc(-c2cncc([C@@](O)(c3ccc4sccc4c3)C3(C)CNC3)c2)no1. The second kappa shape index (κ2) is 6.93. The maximum absolute atomic E-state index is 12.3. The summed E-state index contributed by atoms with van der Waals surface area (Å²) in [5, 5.41) is 32.9. The molecule has 1 aromatic carbocycles. The largest absolute Gasteiger partial charge is 0.381 e. The molecule has 1 saturated heterocycles. The Balaban J connectivity index is 1.64. The molecule has 1 fully saturated rings. The molecule has 3 N–H and O–H groups in total. The zero-order chi connectivity index (χ0) is 21.9. The number of hydrogen-bond acceptors (Lipinski definition) is 8. The molecule has 4 aromatic rings. The molecule has 7 nitrogen and oxygen atoms in total. The highest BCUT2D eigenvalue weighted by molar-refractivity contribution is 7.17. The van der Waals surface area contributed by atoms with E-state index < -0.39 is 16.6 Å². The molecule has 8 heteroatoms. The van der Waals surface area contributed by atoms with Crippen LogP contribution in [0.1, 0.15) is 37.8 Å². The standard InChI is InChI=1S/C23H24N4O3S/c1-21(2,28)20-26-19(27-30-20)15-9-17(11-24-10-15)23(29,22(3)12-25-13-22)16-4-5-18-14(8-16)6-7-31-18/h4-11,25,28-29H,12-13H2,1-3H3/t23-/m0/s1. The predicted molar refractivity (Wildman–Crippen MR) is 119 cm³/mol. The maximum Gasteiger partial charge on any atom is 0.258 e. The van der Waals surface area contributed by atoms with Crippen LogP contribution in [0.3, 0.4) is 0 Å². The molecule has 3 aromatic heterocycles. The van der Waals surface area contributed by atoms with Gasteiger partial charge in [0, 0.05) is 46.7 Å². The molecule has 1 atom stereocenters. The molecule has 0 radical (unpaired) electrons. The van der Waals surface area contributed by atoms with E-state index in [1.165, 1.54) is 4.70 Å². The van der Waals surface area contributed by atoms with Gasteiger partial charge in [-0.3, -0.25) is 4.98 Å². The van der Waals surface area contributed by atoms with Crippen LogP contribution in [-0.4, -0.2) is 38.4 Å². The monoisotopic (exact) mass is 436 g/mol. The number of pyridine rings is 1. The summed E-state index contributed by atoms with van der Waals surface area (Å²) in [6, 6.07) is 10.0. The molecule has 31 heavy (non-hydrogen) atoms. The first kappa shape index (κ1) is 20.3. The Morgan fingerprint density at radius 3 is 2.58 bits per heavy atom. The zero-order valence-corrected chi connectivity index (χ0v) is 18.4. The Labute approximate surface area is 183 Å². The molecule has 1 aliphatic heterocycles. The van der Waals surface area contributed by atoms with Gasteiger partial charge in [-0.15, -0.1) is 11.3 Å². The van der Waals surface area contributed by atoms with Crippen molar-refractivity contribution in [2.45, 2.75) is 32.0 Å². The minimum atomic E-state index is -1.26. The highest BCUT2D eigenvalue weighted by Crippen LogP contribution is 2.48. The van der Waals surface area contributed by atoms with E-state index in [1.807, 2.05) is 12.1 Å². The van der Waals surface area contributed by atoms with E-state index in [0.717, 1.165) is 10.9 Å². The van der Waals surface area contributed by atoms with Gasteiger partial charge in [0.15, 0.2) is 0 Å². The average molecular weight is 437 g/mol. The van der Waals surface area contributed by atoms with Gasteiger partial charge < -0.3 is 20.1 Å². The van der Waals surface area contributed by atoms with Crippen molar-refractivity contribution in [3.63, 3.8) is 0 Å². The van der Waals surface area contributed by atoms with Crippen LogP contribution in [-0.2, 0) is 11.2 Å². The molecule has 4 heterocycles. The van der Waals surface area contributed by atoms with Gasteiger partial charge in [-0.2, -0.15) is 4.98 Å². The smallest absolute Gasteiger partial charge is 0.258 e. The minimum Gasteiger partial charge on any atom is -0.381 e. The molecule has 0 bridgehead atoms. The lowest BCUT2D eigenvalue weighted by Gasteiger charge is -2.52. The van der Waals surface area contributed by atoms with E-state index in [0.29, 0.717) is 30.0 Å². The number of rotatable bonds is 5. The Morgan fingerprint density at radius 2 is 1.90 bits per heavy atom. The van der Waals surface area contributed by atoms with Crippen LogP contribution >= 0.6 is 11.3 Å². The lowest BCUT2D eigenvalue weighted by Crippen LogP contribution is -2.63. The summed E-state index contributed by atoms with van der Waals surface area (Å²) in [5.74, 6) is 0.445. The quantitative estimate of drug-likeness (QED) is 0.440. The molecule has 0 saturated carbocycles. The van der Waals surface area contributed by atoms with Gasteiger partial charge in [-0.25, -0.2) is 0 Å². The van der Waals surface area contributed by atoms with E-state index in [9.17, 15) is 10.2 Å². The minimum absolute atomic E-state index is 0.126. The molecule has 0 aliphatic carbocycles. The van der Waals surface area contributed by atoms with Crippen LogP contribution in [0.5, 0.6) is 0 Å². The number of hydrogen-bond donors (Lipinski definition) is 3. The summed E-state index contributed by atoms with van der Waals surface area (Å²) in [5.41, 5.74) is -0.808. The lowest BCUT2D eigenvalue weighted by molar-refractivity contribution is -0.0768. The number of benzene rings is 1. The molecule has 1 aliphatic rings. The first-order valence-corrected chi connectivity index (χ1v) is 11.0. The number of fused-ring (bicyclic) bond motifs is 1. The third kappa shape index (κ3) is 3.18. The highest BCUT2D eigenvalue weighted by Gasteiger charge is 2.53. The Hall–Kier alpha value is -2.65. The number of nitrogens with one attached hydrogen (secondary N) is 1. The van der Waals surface area contributed by atoms with Crippen LogP contribution in [0.2, 0.25) is 0 Å². The van der Waals surface area contributed by atoms with E-state index in [4.69, 9.17) is 4.52 Å². The lowest BCUT2D eigenvalue weighted by atomic mass is 9.63. The van der Waals surface area contributed by atoms with Gasteiger partial charge in [-0.05, 0) is 54.4 Å². The average Bonchev–Trinajstić information content (AvgIpc) is 3.40. The van der Waals surface area contributed by atoms with Gasteiger partial charge in [0.25, 0.3) is 5.89 Å². The van der Waals surface area contributed by atoms with Crippen molar-refractivity contribution in [3.8, 4) is 11.4 Å². The summed E-state index contributed by atoms with van der Waals surface area (Å²) >= 11 is 1.68. The number of thiophene rings is 1. The number of aromatic nitrogens is 3. The van der Waals surface area contributed by atoms with Crippen LogP contribution in [0.4, 0.5) is 0 Å². The summed E-state index contributed by atoms with van der Waals surface area (Å²) in [6.45, 7) is 6.61. The highest BCUT2D eigenvalue weighted by atomic mass is 32.1. The van der Waals surface area contributed by atoms with Gasteiger partial charge in [-0.1, -0.05) is 18.1 Å².